The zero-order chi connectivity index (χ0) is 30.5. The first-order valence-corrected chi connectivity index (χ1v) is 16.9. The molecule has 4 aliphatic carbocycles. The van der Waals surface area contributed by atoms with Crippen molar-refractivity contribution >= 4 is 23.1 Å². The van der Waals surface area contributed by atoms with Gasteiger partial charge in [-0.15, -0.1) is 0 Å². The van der Waals surface area contributed by atoms with E-state index in [-0.39, 0.29) is 12.0 Å². The Morgan fingerprint density at radius 1 is 0.674 bits per heavy atom. The van der Waals surface area contributed by atoms with Crippen LogP contribution in [0.15, 0.2) is 146 Å². The second kappa shape index (κ2) is 11.4. The molecule has 1 aliphatic heterocycles. The highest BCUT2D eigenvalue weighted by atomic mass is 15.2. The SMILES string of the molecule is C1=CCC(c2ccc(-c3cccc(N4c5ccccc5-c5c6c(n(C7=CCCC=C7)c5C5C=CC=CC54)C=CCC6)c3)cc2)C=C1. The molecule has 0 spiro atoms. The van der Waals surface area contributed by atoms with Gasteiger partial charge in [0, 0.05) is 51.4 Å². The van der Waals surface area contributed by atoms with E-state index in [0.29, 0.717) is 5.92 Å². The molecule has 0 fully saturated rings. The molecule has 2 heteroatoms. The molecule has 0 amide bonds. The van der Waals surface area contributed by atoms with Crippen molar-refractivity contribution in [2.75, 3.05) is 4.90 Å². The zero-order valence-corrected chi connectivity index (χ0v) is 26.1. The lowest BCUT2D eigenvalue weighted by molar-refractivity contribution is 0.670. The van der Waals surface area contributed by atoms with Crippen molar-refractivity contribution in [3.63, 3.8) is 0 Å². The van der Waals surface area contributed by atoms with Crippen LogP contribution in [0.25, 0.3) is 34.0 Å². The van der Waals surface area contributed by atoms with E-state index in [4.69, 9.17) is 0 Å². The fourth-order valence-corrected chi connectivity index (χ4v) is 8.22. The predicted molar refractivity (Wildman–Crippen MR) is 194 cm³/mol. The summed E-state index contributed by atoms with van der Waals surface area (Å²) in [5.41, 5.74) is 14.8. The van der Waals surface area contributed by atoms with Gasteiger partial charge in [-0.25, -0.2) is 0 Å². The molecule has 0 bridgehead atoms. The predicted octanol–water partition coefficient (Wildman–Crippen LogP) is 11.3. The average molecular weight is 595 g/mol. The highest BCUT2D eigenvalue weighted by molar-refractivity contribution is 5.92. The molecule has 46 heavy (non-hydrogen) atoms. The van der Waals surface area contributed by atoms with Gasteiger partial charge in [0.1, 0.15) is 0 Å². The summed E-state index contributed by atoms with van der Waals surface area (Å²) >= 11 is 0. The highest BCUT2D eigenvalue weighted by Crippen LogP contribution is 2.52. The number of fused-ring (bicyclic) bond motifs is 7. The van der Waals surface area contributed by atoms with Crippen LogP contribution in [0.3, 0.4) is 0 Å². The molecule has 2 heterocycles. The second-order valence-corrected chi connectivity index (χ2v) is 13.0. The normalized spacial score (nSPS) is 22.1. The molecule has 9 rings (SSSR count). The van der Waals surface area contributed by atoms with Gasteiger partial charge < -0.3 is 9.47 Å². The summed E-state index contributed by atoms with van der Waals surface area (Å²) in [6.07, 6.45) is 35.5. The summed E-state index contributed by atoms with van der Waals surface area (Å²) in [6, 6.07) is 27.7. The maximum Gasteiger partial charge on any atom is 0.0643 e. The largest absolute Gasteiger partial charge is 0.333 e. The summed E-state index contributed by atoms with van der Waals surface area (Å²) in [7, 11) is 0. The van der Waals surface area contributed by atoms with Crippen LogP contribution in [-0.2, 0) is 6.42 Å². The van der Waals surface area contributed by atoms with Crippen LogP contribution in [0, 0.1) is 0 Å². The molecule has 1 aromatic heterocycles. The monoisotopic (exact) mass is 594 g/mol. The van der Waals surface area contributed by atoms with Crippen LogP contribution in [0.2, 0.25) is 0 Å². The van der Waals surface area contributed by atoms with Crippen molar-refractivity contribution in [2.24, 2.45) is 0 Å². The van der Waals surface area contributed by atoms with E-state index in [1.54, 1.807) is 0 Å². The van der Waals surface area contributed by atoms with E-state index in [1.165, 1.54) is 61.8 Å². The van der Waals surface area contributed by atoms with Crippen LogP contribution < -0.4 is 4.90 Å². The lowest BCUT2D eigenvalue weighted by Gasteiger charge is -2.37. The van der Waals surface area contributed by atoms with Crippen LogP contribution in [0.1, 0.15) is 60.0 Å². The maximum atomic E-state index is 2.61. The number of para-hydroxylation sites is 1. The molecule has 3 atom stereocenters. The lowest BCUT2D eigenvalue weighted by atomic mass is 9.87. The van der Waals surface area contributed by atoms with Gasteiger partial charge in [-0.3, -0.25) is 0 Å². The Bertz CT molecular complexity index is 2040. The topological polar surface area (TPSA) is 8.17 Å². The minimum Gasteiger partial charge on any atom is -0.333 e. The molecular weight excluding hydrogens is 556 g/mol. The minimum atomic E-state index is 0.142. The van der Waals surface area contributed by atoms with Crippen molar-refractivity contribution < 1.29 is 0 Å². The molecular formula is C44H38N2. The van der Waals surface area contributed by atoms with Gasteiger partial charge >= 0.3 is 0 Å². The molecule has 5 aliphatic rings. The number of benzene rings is 3. The van der Waals surface area contributed by atoms with Gasteiger partial charge in [0.05, 0.1) is 6.04 Å². The smallest absolute Gasteiger partial charge is 0.0643 e. The molecule has 0 saturated carbocycles. The molecule has 0 radical (unpaired) electrons. The fourth-order valence-electron chi connectivity index (χ4n) is 8.22. The average Bonchev–Trinajstić information content (AvgIpc) is 3.42. The molecule has 0 N–H and O–H groups in total. The van der Waals surface area contributed by atoms with E-state index in [2.05, 4.69) is 161 Å². The van der Waals surface area contributed by atoms with Gasteiger partial charge in [-0.05, 0) is 84.7 Å². The van der Waals surface area contributed by atoms with E-state index in [0.717, 1.165) is 32.1 Å². The Hall–Kier alpha value is -5.08. The second-order valence-electron chi connectivity index (χ2n) is 13.0. The number of hydrogen-bond acceptors (Lipinski definition) is 1. The van der Waals surface area contributed by atoms with Crippen molar-refractivity contribution in [3.8, 4) is 22.3 Å². The third-order valence-electron chi connectivity index (χ3n) is 10.3. The van der Waals surface area contributed by atoms with Crippen LogP contribution in [0.4, 0.5) is 11.4 Å². The lowest BCUT2D eigenvalue weighted by Crippen LogP contribution is -2.35. The summed E-state index contributed by atoms with van der Waals surface area (Å²) in [5.74, 6) is 0.661. The number of allylic oxidation sites excluding steroid dienone is 11. The van der Waals surface area contributed by atoms with Crippen molar-refractivity contribution in [2.45, 2.75) is 50.0 Å². The zero-order valence-electron chi connectivity index (χ0n) is 26.1. The molecule has 4 aromatic rings. The number of rotatable bonds is 4. The molecule has 224 valence electrons. The van der Waals surface area contributed by atoms with Crippen molar-refractivity contribution in [1.82, 2.24) is 4.57 Å². The van der Waals surface area contributed by atoms with Crippen molar-refractivity contribution in [3.05, 3.63) is 168 Å². The third-order valence-corrected chi connectivity index (χ3v) is 10.3. The number of aromatic nitrogens is 1. The number of hydrogen-bond donors (Lipinski definition) is 0. The summed E-state index contributed by atoms with van der Waals surface area (Å²) in [6.45, 7) is 0. The van der Waals surface area contributed by atoms with Crippen LogP contribution >= 0.6 is 0 Å². The molecule has 0 saturated heterocycles. The quantitative estimate of drug-likeness (QED) is 0.228. The molecule has 3 unspecified atom stereocenters. The summed E-state index contributed by atoms with van der Waals surface area (Å²) in [4.78, 5) is 2.61. The number of anilines is 2. The maximum absolute atomic E-state index is 2.61. The minimum absolute atomic E-state index is 0.142. The summed E-state index contributed by atoms with van der Waals surface area (Å²) < 4.78 is 2.60. The Morgan fingerprint density at radius 3 is 2.41 bits per heavy atom. The Kier molecular flexibility index (Phi) is 6.74. The van der Waals surface area contributed by atoms with Gasteiger partial charge in [0.25, 0.3) is 0 Å². The van der Waals surface area contributed by atoms with E-state index in [1.807, 2.05) is 0 Å². The molecule has 2 nitrogen and oxygen atoms in total. The molecule has 3 aromatic carbocycles. The van der Waals surface area contributed by atoms with Crippen LogP contribution in [-0.4, -0.2) is 10.6 Å². The van der Waals surface area contributed by atoms with E-state index >= 15 is 0 Å². The first-order chi connectivity index (χ1) is 22.8. The Balaban J connectivity index is 1.20. The van der Waals surface area contributed by atoms with Crippen LogP contribution in [0.5, 0.6) is 0 Å². The standard InChI is InChI=1S/C44H38N2/c1-3-14-31(15-4-1)32-26-28-33(29-27-32)34-16-13-19-36(30-34)45-40-23-10-7-20-37(40)43-38-21-8-11-24-41(38)46(35-17-5-2-6-18-35)44(43)39-22-9-12-25-42(39)45/h1,3-5,7,9-14,16-20,22-31,39,42H,2,6,8,15,21H2. The summed E-state index contributed by atoms with van der Waals surface area (Å²) in [5, 5.41) is 0. The van der Waals surface area contributed by atoms with E-state index in [9.17, 15) is 0 Å². The first-order valence-electron chi connectivity index (χ1n) is 16.9. The van der Waals surface area contributed by atoms with E-state index < -0.39 is 0 Å². The van der Waals surface area contributed by atoms with Gasteiger partial charge in [0.2, 0.25) is 0 Å². The van der Waals surface area contributed by atoms with Gasteiger partial charge in [-0.1, -0.05) is 121 Å². The highest BCUT2D eigenvalue weighted by Gasteiger charge is 2.40. The fraction of sp³-hybridized carbons (Fsp3) is 0.182. The first kappa shape index (κ1) is 27.2. The Morgan fingerprint density at radius 2 is 1.54 bits per heavy atom. The van der Waals surface area contributed by atoms with Gasteiger partial charge in [-0.2, -0.15) is 0 Å². The van der Waals surface area contributed by atoms with Gasteiger partial charge in [0.15, 0.2) is 0 Å². The number of nitrogens with zero attached hydrogens (tertiary/aromatic N) is 2. The Labute approximate surface area is 272 Å². The van der Waals surface area contributed by atoms with Crippen molar-refractivity contribution in [1.29, 1.82) is 0 Å². The third kappa shape index (κ3) is 4.47.